The zero-order valence-corrected chi connectivity index (χ0v) is 12.5. The van der Waals surface area contributed by atoms with Crippen molar-refractivity contribution in [3.05, 3.63) is 0 Å². The fraction of sp³-hybridized carbons (Fsp3) is 0.875. The van der Waals surface area contributed by atoms with Gasteiger partial charge in [-0.25, -0.2) is 0 Å². The lowest BCUT2D eigenvalue weighted by atomic mass is 9.96. The van der Waals surface area contributed by atoms with Crippen LogP contribution in [0.25, 0.3) is 0 Å². The second-order valence-corrected chi connectivity index (χ2v) is 6.22. The Morgan fingerprint density at radius 3 is 2.67 bits per heavy atom. The van der Waals surface area contributed by atoms with E-state index in [1.54, 1.807) is 0 Å². The third-order valence-corrected chi connectivity index (χ3v) is 3.11. The molecule has 104 valence electrons. The lowest BCUT2D eigenvalue weighted by molar-refractivity contribution is -0.00640. The van der Waals surface area contributed by atoms with Gasteiger partial charge in [0.25, 0.3) is 0 Å². The molecule has 2 unspecified atom stereocenters. The molecule has 18 heavy (non-hydrogen) atoms. The average Bonchev–Trinajstić information content (AvgIpc) is 2.33. The van der Waals surface area contributed by atoms with Gasteiger partial charge < -0.3 is 10.1 Å². The van der Waals surface area contributed by atoms with E-state index in [1.165, 1.54) is 19.3 Å². The quantitative estimate of drug-likeness (QED) is 0.757. The van der Waals surface area contributed by atoms with Gasteiger partial charge in [-0.05, 0) is 53.0 Å². The van der Waals surface area contributed by atoms with Gasteiger partial charge in [-0.3, -0.25) is 0 Å². The van der Waals surface area contributed by atoms with Gasteiger partial charge in [-0.2, -0.15) is 0 Å². The first-order valence-corrected chi connectivity index (χ1v) is 7.38. The minimum atomic E-state index is 0.0999. The number of hydrogen-bond acceptors (Lipinski definition) is 2. The summed E-state index contributed by atoms with van der Waals surface area (Å²) >= 11 is 0. The maximum Gasteiger partial charge on any atom is 0.0737 e. The molecule has 1 rings (SSSR count). The molecule has 1 aliphatic rings. The Bertz CT molecular complexity index is 276. The van der Waals surface area contributed by atoms with E-state index in [0.29, 0.717) is 12.1 Å². The molecule has 2 nitrogen and oxygen atoms in total. The minimum absolute atomic E-state index is 0.0999. The van der Waals surface area contributed by atoms with Crippen molar-refractivity contribution < 1.29 is 4.74 Å². The molecule has 1 saturated heterocycles. The van der Waals surface area contributed by atoms with Crippen LogP contribution >= 0.6 is 0 Å². The van der Waals surface area contributed by atoms with Gasteiger partial charge in [0.05, 0.1) is 6.10 Å². The number of hydrogen-bond donors (Lipinski definition) is 1. The molecule has 0 aromatic carbocycles. The summed E-state index contributed by atoms with van der Waals surface area (Å²) in [6.45, 7) is 10.7. The largest absolute Gasteiger partial charge is 0.377 e. The Hall–Kier alpha value is -0.520. The van der Waals surface area contributed by atoms with E-state index >= 15 is 0 Å². The molecular weight excluding hydrogens is 222 g/mol. The molecule has 0 spiro atoms. The van der Waals surface area contributed by atoms with Crippen molar-refractivity contribution in [2.75, 3.05) is 13.2 Å². The van der Waals surface area contributed by atoms with Crippen LogP contribution in [0.3, 0.4) is 0 Å². The van der Waals surface area contributed by atoms with Crippen LogP contribution in [-0.2, 0) is 4.74 Å². The first-order chi connectivity index (χ1) is 8.53. The Labute approximate surface area is 113 Å². The van der Waals surface area contributed by atoms with E-state index < -0.39 is 0 Å². The van der Waals surface area contributed by atoms with Gasteiger partial charge in [0.2, 0.25) is 0 Å². The normalized spacial score (nSPS) is 22.1. The highest BCUT2D eigenvalue weighted by molar-refractivity contribution is 5.09. The second-order valence-electron chi connectivity index (χ2n) is 6.22. The van der Waals surface area contributed by atoms with Crippen LogP contribution in [0.15, 0.2) is 0 Å². The smallest absolute Gasteiger partial charge is 0.0737 e. The van der Waals surface area contributed by atoms with Crippen LogP contribution in [0.5, 0.6) is 0 Å². The molecule has 1 heterocycles. The van der Waals surface area contributed by atoms with Gasteiger partial charge in [-0.15, -0.1) is 5.92 Å². The fourth-order valence-electron chi connectivity index (χ4n) is 2.17. The van der Waals surface area contributed by atoms with Crippen LogP contribution in [0.1, 0.15) is 59.8 Å². The molecule has 0 radical (unpaired) electrons. The summed E-state index contributed by atoms with van der Waals surface area (Å²) < 4.78 is 5.89. The van der Waals surface area contributed by atoms with Crippen LogP contribution in [0, 0.1) is 17.3 Å². The molecular formula is C16H29NO. The molecule has 1 N–H and O–H groups in total. The van der Waals surface area contributed by atoms with Gasteiger partial charge in [0, 0.05) is 24.5 Å². The van der Waals surface area contributed by atoms with E-state index in [-0.39, 0.29) is 5.41 Å². The summed E-state index contributed by atoms with van der Waals surface area (Å²) in [5, 5.41) is 3.60. The Morgan fingerprint density at radius 2 is 2.11 bits per heavy atom. The van der Waals surface area contributed by atoms with Crippen molar-refractivity contribution in [2.45, 2.75) is 71.9 Å². The lowest BCUT2D eigenvalue weighted by Crippen LogP contribution is -2.43. The van der Waals surface area contributed by atoms with Crippen LogP contribution < -0.4 is 5.32 Å². The average molecular weight is 251 g/mol. The summed E-state index contributed by atoms with van der Waals surface area (Å²) in [4.78, 5) is 0. The predicted molar refractivity (Wildman–Crippen MR) is 77.5 cm³/mol. The first-order valence-electron chi connectivity index (χ1n) is 7.38. The summed E-state index contributed by atoms with van der Waals surface area (Å²) in [7, 11) is 0. The second kappa shape index (κ2) is 7.81. The molecule has 1 aliphatic heterocycles. The van der Waals surface area contributed by atoms with Crippen LogP contribution in [0.4, 0.5) is 0 Å². The molecule has 0 aromatic heterocycles. The van der Waals surface area contributed by atoms with Gasteiger partial charge >= 0.3 is 0 Å². The standard InChI is InChI=1S/C16H29NO/c1-5-12-17-14(9-8-11-16(2,3)4)15-10-6-7-13-18-15/h14-15,17H,5-7,9-10,12-13H2,1-4H3. The number of ether oxygens (including phenoxy) is 1. The zero-order chi connectivity index (χ0) is 13.4. The number of nitrogens with one attached hydrogen (secondary N) is 1. The summed E-state index contributed by atoms with van der Waals surface area (Å²) in [6.07, 6.45) is 6.11. The van der Waals surface area contributed by atoms with Gasteiger partial charge in [-0.1, -0.05) is 12.8 Å². The lowest BCUT2D eigenvalue weighted by Gasteiger charge is -2.30. The molecule has 0 aliphatic carbocycles. The van der Waals surface area contributed by atoms with Crippen molar-refractivity contribution in [2.24, 2.45) is 5.41 Å². The van der Waals surface area contributed by atoms with Gasteiger partial charge in [0.1, 0.15) is 0 Å². The van der Waals surface area contributed by atoms with E-state index in [1.807, 2.05) is 0 Å². The Kier molecular flexibility index (Phi) is 6.75. The SMILES string of the molecule is CCCNC(CC#CC(C)(C)C)C1CCCCO1. The van der Waals surface area contributed by atoms with Crippen molar-refractivity contribution >= 4 is 0 Å². The monoisotopic (exact) mass is 251 g/mol. The molecule has 2 heteroatoms. The molecule has 2 atom stereocenters. The van der Waals surface area contributed by atoms with E-state index in [9.17, 15) is 0 Å². The molecule has 1 fully saturated rings. The Balaban J connectivity index is 2.50. The molecule has 0 saturated carbocycles. The Morgan fingerprint density at radius 1 is 1.33 bits per heavy atom. The van der Waals surface area contributed by atoms with Crippen molar-refractivity contribution in [1.82, 2.24) is 5.32 Å². The predicted octanol–water partition coefficient (Wildman–Crippen LogP) is 3.36. The van der Waals surface area contributed by atoms with Crippen molar-refractivity contribution in [3.8, 4) is 11.8 Å². The molecule has 0 aromatic rings. The van der Waals surface area contributed by atoms with Gasteiger partial charge in [0.15, 0.2) is 0 Å². The highest BCUT2D eigenvalue weighted by Gasteiger charge is 2.23. The third-order valence-electron chi connectivity index (χ3n) is 3.11. The maximum absolute atomic E-state index is 5.89. The van der Waals surface area contributed by atoms with Crippen LogP contribution in [0.2, 0.25) is 0 Å². The molecule has 0 amide bonds. The summed E-state index contributed by atoms with van der Waals surface area (Å²) in [5.74, 6) is 6.66. The van der Waals surface area contributed by atoms with E-state index in [0.717, 1.165) is 26.0 Å². The maximum atomic E-state index is 5.89. The fourth-order valence-corrected chi connectivity index (χ4v) is 2.17. The van der Waals surface area contributed by atoms with Crippen molar-refractivity contribution in [1.29, 1.82) is 0 Å². The topological polar surface area (TPSA) is 21.3 Å². The third kappa shape index (κ3) is 6.42. The summed E-state index contributed by atoms with van der Waals surface area (Å²) in [6, 6.07) is 0.403. The van der Waals surface area contributed by atoms with Crippen molar-refractivity contribution in [3.63, 3.8) is 0 Å². The van der Waals surface area contributed by atoms with Crippen LogP contribution in [-0.4, -0.2) is 25.3 Å². The van der Waals surface area contributed by atoms with E-state index in [4.69, 9.17) is 4.74 Å². The number of rotatable bonds is 5. The van der Waals surface area contributed by atoms with E-state index in [2.05, 4.69) is 44.9 Å². The zero-order valence-electron chi connectivity index (χ0n) is 12.5. The molecule has 0 bridgehead atoms. The minimum Gasteiger partial charge on any atom is -0.377 e. The highest BCUT2D eigenvalue weighted by atomic mass is 16.5. The summed E-state index contributed by atoms with van der Waals surface area (Å²) in [5.41, 5.74) is 0.0999. The highest BCUT2D eigenvalue weighted by Crippen LogP contribution is 2.18. The first kappa shape index (κ1) is 15.5.